The zero-order valence-electron chi connectivity index (χ0n) is 19.2. The molecule has 0 radical (unpaired) electrons. The van der Waals surface area contributed by atoms with Crippen LogP contribution in [0.25, 0.3) is 11.0 Å². The van der Waals surface area contributed by atoms with Gasteiger partial charge in [0.25, 0.3) is 5.24 Å². The van der Waals surface area contributed by atoms with Crippen LogP contribution in [0.1, 0.15) is 19.4 Å². The van der Waals surface area contributed by atoms with Crippen molar-refractivity contribution in [2.45, 2.75) is 43.8 Å². The standard InChI is InChI=1S/C22H22FN5O7S/c1-8-5-27-14-10(4-22(16(27)9(2)34-8)18(30)24-20(32)25-19(22)31)3-12-15(13(14)23)35-26-17(12)28-6-11(7-29)36-21(28)33/h3,8-9,11,16,29H,4-7H2,1-2H3,(H2,24,25,30,31,32)/t8-,9+,11-,16-/m1/s1. The highest BCUT2D eigenvalue weighted by molar-refractivity contribution is 8.14. The van der Waals surface area contributed by atoms with E-state index in [1.54, 1.807) is 24.8 Å². The Morgan fingerprint density at radius 2 is 1.94 bits per heavy atom. The maximum Gasteiger partial charge on any atom is 0.328 e. The van der Waals surface area contributed by atoms with Gasteiger partial charge in [0, 0.05) is 19.5 Å². The predicted molar refractivity (Wildman–Crippen MR) is 124 cm³/mol. The highest BCUT2D eigenvalue weighted by Crippen LogP contribution is 2.50. The van der Waals surface area contributed by atoms with E-state index in [1.165, 1.54) is 4.90 Å². The predicted octanol–water partition coefficient (Wildman–Crippen LogP) is 0.892. The van der Waals surface area contributed by atoms with Gasteiger partial charge in [-0.2, -0.15) is 0 Å². The summed E-state index contributed by atoms with van der Waals surface area (Å²) in [6.45, 7) is 3.63. The van der Waals surface area contributed by atoms with E-state index in [4.69, 9.17) is 9.26 Å². The van der Waals surface area contributed by atoms with E-state index in [2.05, 4.69) is 15.8 Å². The number of urea groups is 1. The van der Waals surface area contributed by atoms with Crippen LogP contribution in [0.4, 0.5) is 25.5 Å². The fourth-order valence-electron chi connectivity index (χ4n) is 5.92. The zero-order chi connectivity index (χ0) is 25.5. The summed E-state index contributed by atoms with van der Waals surface area (Å²) in [4.78, 5) is 53.9. The lowest BCUT2D eigenvalue weighted by Crippen LogP contribution is -2.75. The minimum Gasteiger partial charge on any atom is -0.395 e. The quantitative estimate of drug-likeness (QED) is 0.488. The van der Waals surface area contributed by atoms with Gasteiger partial charge in [-0.05, 0) is 25.5 Å². The van der Waals surface area contributed by atoms with Gasteiger partial charge in [0.15, 0.2) is 17.1 Å². The monoisotopic (exact) mass is 519 g/mol. The molecule has 12 nitrogen and oxygen atoms in total. The molecule has 0 saturated carbocycles. The van der Waals surface area contributed by atoms with Gasteiger partial charge in [-0.15, -0.1) is 0 Å². The number of aliphatic hydroxyl groups is 1. The number of imide groups is 2. The summed E-state index contributed by atoms with van der Waals surface area (Å²) < 4.78 is 27.4. The Kier molecular flexibility index (Phi) is 5.08. The molecule has 0 bridgehead atoms. The smallest absolute Gasteiger partial charge is 0.328 e. The summed E-state index contributed by atoms with van der Waals surface area (Å²) >= 11 is 0.949. The summed E-state index contributed by atoms with van der Waals surface area (Å²) in [6, 6.07) is -0.244. The third kappa shape index (κ3) is 3.04. The molecule has 1 spiro atoms. The van der Waals surface area contributed by atoms with Crippen LogP contribution < -0.4 is 20.4 Å². The summed E-state index contributed by atoms with van der Waals surface area (Å²) in [7, 11) is 0. The molecule has 0 aliphatic carbocycles. The fraction of sp³-hybridized carbons (Fsp3) is 0.500. The van der Waals surface area contributed by atoms with Gasteiger partial charge in [-0.1, -0.05) is 16.9 Å². The number of ether oxygens (including phenoxy) is 1. The van der Waals surface area contributed by atoms with Crippen molar-refractivity contribution < 1.29 is 37.9 Å². The van der Waals surface area contributed by atoms with E-state index in [-0.39, 0.29) is 65.2 Å². The lowest BCUT2D eigenvalue weighted by molar-refractivity contribution is -0.153. The van der Waals surface area contributed by atoms with Gasteiger partial charge in [-0.25, -0.2) is 9.18 Å². The maximum atomic E-state index is 16.1. The number of halogens is 1. The molecule has 5 amide bonds. The van der Waals surface area contributed by atoms with Crippen LogP contribution in [0.2, 0.25) is 0 Å². The first-order chi connectivity index (χ1) is 17.1. The van der Waals surface area contributed by atoms with E-state index in [1.807, 2.05) is 0 Å². The molecule has 1 aromatic carbocycles. The Morgan fingerprint density at radius 3 is 2.61 bits per heavy atom. The van der Waals surface area contributed by atoms with Crippen LogP contribution in [0.15, 0.2) is 10.6 Å². The van der Waals surface area contributed by atoms with Gasteiger partial charge in [0.2, 0.25) is 17.4 Å². The fourth-order valence-corrected chi connectivity index (χ4v) is 6.79. The van der Waals surface area contributed by atoms with Crippen molar-refractivity contribution in [3.05, 3.63) is 17.4 Å². The van der Waals surface area contributed by atoms with Crippen molar-refractivity contribution >= 4 is 57.3 Å². The number of anilines is 2. The second kappa shape index (κ2) is 7.88. The molecule has 0 unspecified atom stereocenters. The number of hydrogen-bond acceptors (Lipinski definition) is 10. The number of nitrogens with one attached hydrogen (secondary N) is 2. The normalized spacial score (nSPS) is 29.4. The Morgan fingerprint density at radius 1 is 1.22 bits per heavy atom. The van der Waals surface area contributed by atoms with Crippen molar-refractivity contribution in [3.8, 4) is 0 Å². The van der Waals surface area contributed by atoms with Gasteiger partial charge in [0.05, 0.1) is 41.2 Å². The van der Waals surface area contributed by atoms with Gasteiger partial charge >= 0.3 is 6.03 Å². The van der Waals surface area contributed by atoms with Crippen molar-refractivity contribution in [1.82, 2.24) is 15.8 Å². The first kappa shape index (κ1) is 23.2. The van der Waals surface area contributed by atoms with E-state index in [0.717, 1.165) is 11.8 Å². The van der Waals surface area contributed by atoms with Crippen LogP contribution >= 0.6 is 11.8 Å². The second-order valence-electron chi connectivity index (χ2n) is 9.51. The minimum absolute atomic E-state index is 0.0905. The number of aromatic nitrogens is 1. The molecule has 1 aromatic heterocycles. The molecule has 5 heterocycles. The molecule has 190 valence electrons. The third-order valence-electron chi connectivity index (χ3n) is 7.28. The molecule has 4 aliphatic rings. The molecule has 4 aliphatic heterocycles. The van der Waals surface area contributed by atoms with Crippen molar-refractivity contribution in [2.75, 3.05) is 29.5 Å². The number of carbonyl (C=O) groups excluding carboxylic acids is 4. The molecular formula is C22H22FN5O7S. The Labute approximate surface area is 207 Å². The first-order valence-electron chi connectivity index (χ1n) is 11.4. The minimum atomic E-state index is -1.76. The van der Waals surface area contributed by atoms with Crippen molar-refractivity contribution in [1.29, 1.82) is 0 Å². The Hall–Kier alpha value is -3.23. The molecule has 4 atom stereocenters. The highest BCUT2D eigenvalue weighted by Gasteiger charge is 2.63. The number of nitrogens with zero attached hydrogens (tertiary/aromatic N) is 3. The lowest BCUT2D eigenvalue weighted by atomic mass is 9.66. The van der Waals surface area contributed by atoms with Crippen LogP contribution in [-0.2, 0) is 20.7 Å². The van der Waals surface area contributed by atoms with Gasteiger partial charge in [0.1, 0.15) is 0 Å². The number of benzene rings is 1. The number of carbonyl (C=O) groups is 4. The van der Waals surface area contributed by atoms with Crippen molar-refractivity contribution in [2.24, 2.45) is 5.41 Å². The average molecular weight is 520 g/mol. The van der Waals surface area contributed by atoms with Crippen LogP contribution in [0.3, 0.4) is 0 Å². The zero-order valence-corrected chi connectivity index (χ0v) is 20.1. The molecular weight excluding hydrogens is 497 g/mol. The molecule has 2 aromatic rings. The van der Waals surface area contributed by atoms with Crippen LogP contribution in [-0.4, -0.2) is 76.5 Å². The molecule has 3 fully saturated rings. The van der Waals surface area contributed by atoms with E-state index < -0.39 is 41.2 Å². The number of barbiturate groups is 1. The van der Waals surface area contributed by atoms with Gasteiger partial charge in [-0.3, -0.25) is 29.9 Å². The van der Waals surface area contributed by atoms with E-state index in [0.29, 0.717) is 5.56 Å². The third-order valence-corrected chi connectivity index (χ3v) is 8.33. The number of morpholine rings is 1. The largest absolute Gasteiger partial charge is 0.395 e. The van der Waals surface area contributed by atoms with E-state index >= 15 is 4.39 Å². The summed E-state index contributed by atoms with van der Waals surface area (Å²) in [5.74, 6) is -2.21. The summed E-state index contributed by atoms with van der Waals surface area (Å²) in [5, 5.41) is 17.3. The number of thioether (sulfide) groups is 1. The van der Waals surface area contributed by atoms with Crippen LogP contribution in [0.5, 0.6) is 0 Å². The summed E-state index contributed by atoms with van der Waals surface area (Å²) in [5.41, 5.74) is -1.43. The number of amides is 5. The molecule has 3 N–H and O–H groups in total. The highest BCUT2D eigenvalue weighted by atomic mass is 32.2. The van der Waals surface area contributed by atoms with Crippen LogP contribution in [0, 0.1) is 11.2 Å². The Bertz CT molecular complexity index is 1330. The van der Waals surface area contributed by atoms with Crippen molar-refractivity contribution in [3.63, 3.8) is 0 Å². The average Bonchev–Trinajstić information content (AvgIpc) is 3.39. The number of aliphatic hydroxyl groups excluding tert-OH is 1. The maximum absolute atomic E-state index is 16.1. The number of hydrogen-bond donors (Lipinski definition) is 3. The summed E-state index contributed by atoms with van der Waals surface area (Å²) in [6.07, 6.45) is -1.21. The first-order valence-corrected chi connectivity index (χ1v) is 12.3. The number of fused-ring (bicyclic) bond motifs is 5. The van der Waals surface area contributed by atoms with E-state index in [9.17, 15) is 24.3 Å². The molecule has 36 heavy (non-hydrogen) atoms. The van der Waals surface area contributed by atoms with Gasteiger partial charge < -0.3 is 19.3 Å². The number of rotatable bonds is 2. The Balaban J connectivity index is 1.55. The molecule has 6 rings (SSSR count). The molecule has 3 saturated heterocycles. The topological polar surface area (TPSA) is 154 Å². The lowest BCUT2D eigenvalue weighted by Gasteiger charge is -2.55. The SMILES string of the molecule is C[C@@H]1CN2c3c(cc4c(N5C[C@H](CO)SC5=O)noc4c3F)CC3(C(=O)NC(=O)NC3=O)[C@H]2[C@H](C)O1. The second-order valence-corrected chi connectivity index (χ2v) is 10.8. The molecule has 14 heteroatoms.